The van der Waals surface area contributed by atoms with Crippen molar-refractivity contribution in [3.63, 3.8) is 0 Å². The van der Waals surface area contributed by atoms with Gasteiger partial charge < -0.3 is 10.4 Å². The van der Waals surface area contributed by atoms with Gasteiger partial charge in [-0.1, -0.05) is 35.9 Å². The van der Waals surface area contributed by atoms with Gasteiger partial charge in [-0.15, -0.1) is 0 Å². The number of nitrogens with one attached hydrogen (secondary N) is 1. The first-order valence-electron chi connectivity index (χ1n) is 7.54. The Morgan fingerprint density at radius 1 is 1.09 bits per heavy atom. The molecule has 4 aliphatic rings. The number of amides is 1. The van der Waals surface area contributed by atoms with Crippen molar-refractivity contribution in [3.8, 4) is 0 Å². The molecule has 2 bridgehead atoms. The molecule has 1 aromatic rings. The highest BCUT2D eigenvalue weighted by atomic mass is 35.5. The summed E-state index contributed by atoms with van der Waals surface area (Å²) in [5.74, 6) is -1.26. The zero-order valence-corrected chi connectivity index (χ0v) is 12.5. The second-order valence-corrected chi connectivity index (χ2v) is 6.87. The lowest BCUT2D eigenvalue weighted by Gasteiger charge is -2.41. The van der Waals surface area contributed by atoms with Crippen molar-refractivity contribution in [2.75, 3.05) is 5.32 Å². The summed E-state index contributed by atoms with van der Waals surface area (Å²) >= 11 is 6.08. The quantitative estimate of drug-likeness (QED) is 0.842. The van der Waals surface area contributed by atoms with Crippen molar-refractivity contribution in [2.45, 2.75) is 6.42 Å². The number of carbonyl (C=O) groups is 2. The Hall–Kier alpha value is -1.81. The van der Waals surface area contributed by atoms with E-state index in [1.165, 1.54) is 0 Å². The number of benzene rings is 1. The minimum absolute atomic E-state index is 0.00510. The van der Waals surface area contributed by atoms with Crippen LogP contribution < -0.4 is 5.32 Å². The zero-order chi connectivity index (χ0) is 15.4. The number of fused-ring (bicyclic) bond motifs is 1. The molecule has 0 spiro atoms. The van der Waals surface area contributed by atoms with E-state index in [1.54, 1.807) is 24.3 Å². The van der Waals surface area contributed by atoms with Crippen LogP contribution in [0.25, 0.3) is 0 Å². The molecule has 114 valence electrons. The highest BCUT2D eigenvalue weighted by molar-refractivity contribution is 6.33. The normalized spacial score (nSPS) is 37.5. The molecular formula is C17H16ClNO3. The van der Waals surface area contributed by atoms with E-state index < -0.39 is 17.8 Å². The van der Waals surface area contributed by atoms with Crippen molar-refractivity contribution < 1.29 is 14.7 Å². The maximum atomic E-state index is 12.7. The molecule has 2 saturated carbocycles. The van der Waals surface area contributed by atoms with Crippen molar-refractivity contribution in [1.82, 2.24) is 0 Å². The first-order valence-corrected chi connectivity index (χ1v) is 7.92. The minimum Gasteiger partial charge on any atom is -0.481 e. The van der Waals surface area contributed by atoms with Gasteiger partial charge in [-0.2, -0.15) is 0 Å². The number of anilines is 1. The van der Waals surface area contributed by atoms with Crippen LogP contribution in [0, 0.1) is 35.5 Å². The van der Waals surface area contributed by atoms with E-state index >= 15 is 0 Å². The number of carbonyl (C=O) groups excluding carboxylic acids is 1. The monoisotopic (exact) mass is 317 g/mol. The number of carboxylic acids is 1. The van der Waals surface area contributed by atoms with Gasteiger partial charge in [0.05, 0.1) is 22.5 Å². The van der Waals surface area contributed by atoms with Gasteiger partial charge in [0.2, 0.25) is 5.91 Å². The maximum Gasteiger partial charge on any atom is 0.307 e. The van der Waals surface area contributed by atoms with Crippen LogP contribution in [0.5, 0.6) is 0 Å². The standard InChI is InChI=1S/C17H16ClNO3/c18-12-3-1-2-4-13(12)19-16(20)14-8-5-6-9(11-7-10(8)11)15(14)17(21)22/h1-6,8-11,14-15H,7H2,(H,19,20)(H,21,22)/t8-,9-,10-,11+,14-,15-/m0/s1. The van der Waals surface area contributed by atoms with E-state index in [-0.39, 0.29) is 17.7 Å². The van der Waals surface area contributed by atoms with Gasteiger partial charge >= 0.3 is 5.97 Å². The third-order valence-electron chi connectivity index (χ3n) is 5.37. The van der Waals surface area contributed by atoms with Gasteiger partial charge in [0.15, 0.2) is 0 Å². The topological polar surface area (TPSA) is 66.4 Å². The molecule has 2 N–H and O–H groups in total. The number of allylic oxidation sites excluding steroid dienone is 2. The molecular weight excluding hydrogens is 302 g/mol. The van der Waals surface area contributed by atoms with Crippen LogP contribution in [-0.4, -0.2) is 17.0 Å². The molecule has 0 aromatic heterocycles. The fourth-order valence-electron chi connectivity index (χ4n) is 4.35. The van der Waals surface area contributed by atoms with Gasteiger partial charge in [0.1, 0.15) is 0 Å². The van der Waals surface area contributed by atoms with E-state index in [2.05, 4.69) is 11.4 Å². The molecule has 1 aromatic carbocycles. The number of para-hydroxylation sites is 1. The highest BCUT2D eigenvalue weighted by Gasteiger charge is 2.62. The first-order chi connectivity index (χ1) is 10.6. The van der Waals surface area contributed by atoms with Gasteiger partial charge in [-0.3, -0.25) is 9.59 Å². The fraction of sp³-hybridized carbons (Fsp3) is 0.412. The molecule has 0 saturated heterocycles. The van der Waals surface area contributed by atoms with Crippen LogP contribution >= 0.6 is 11.6 Å². The second kappa shape index (κ2) is 4.85. The minimum atomic E-state index is -0.871. The molecule has 6 atom stereocenters. The van der Waals surface area contributed by atoms with Crippen LogP contribution in [0.1, 0.15) is 6.42 Å². The Kier molecular flexibility index (Phi) is 3.05. The molecule has 5 rings (SSSR count). The van der Waals surface area contributed by atoms with E-state index in [4.69, 9.17) is 11.6 Å². The van der Waals surface area contributed by atoms with Crippen LogP contribution in [0.4, 0.5) is 5.69 Å². The van der Waals surface area contributed by atoms with E-state index in [0.717, 1.165) is 6.42 Å². The molecule has 5 heteroatoms. The van der Waals surface area contributed by atoms with Crippen LogP contribution in [0.3, 0.4) is 0 Å². The van der Waals surface area contributed by atoms with Crippen molar-refractivity contribution in [3.05, 3.63) is 41.4 Å². The Balaban J connectivity index is 1.63. The summed E-state index contributed by atoms with van der Waals surface area (Å²) in [5, 5.41) is 12.9. The summed E-state index contributed by atoms with van der Waals surface area (Å²) in [7, 11) is 0. The molecule has 0 aliphatic heterocycles. The Morgan fingerprint density at radius 2 is 1.73 bits per heavy atom. The lowest BCUT2D eigenvalue weighted by molar-refractivity contribution is -0.152. The molecule has 0 unspecified atom stereocenters. The average molecular weight is 318 g/mol. The molecule has 2 fully saturated rings. The Morgan fingerprint density at radius 3 is 2.36 bits per heavy atom. The molecule has 4 nitrogen and oxygen atoms in total. The van der Waals surface area contributed by atoms with Crippen LogP contribution in [0.15, 0.2) is 36.4 Å². The SMILES string of the molecule is O=C(O)[C@H]1[C@H]2C=C[C@@H]([C@@H]3C[C@H]23)[C@@H]1C(=O)Nc1ccccc1Cl. The summed E-state index contributed by atoms with van der Waals surface area (Å²) in [6.45, 7) is 0. The van der Waals surface area contributed by atoms with E-state index in [1.807, 2.05) is 6.08 Å². The predicted octanol–water partition coefficient (Wildman–Crippen LogP) is 3.05. The summed E-state index contributed by atoms with van der Waals surface area (Å²) in [6.07, 6.45) is 5.11. The molecule has 22 heavy (non-hydrogen) atoms. The van der Waals surface area contributed by atoms with Gasteiger partial charge in [0.25, 0.3) is 0 Å². The predicted molar refractivity (Wildman–Crippen MR) is 82.4 cm³/mol. The van der Waals surface area contributed by atoms with Crippen LogP contribution in [0.2, 0.25) is 5.02 Å². The molecule has 1 amide bonds. The van der Waals surface area contributed by atoms with Crippen molar-refractivity contribution in [2.24, 2.45) is 35.5 Å². The van der Waals surface area contributed by atoms with Crippen LogP contribution in [-0.2, 0) is 9.59 Å². The lowest BCUT2D eigenvalue weighted by Crippen LogP contribution is -2.48. The summed E-state index contributed by atoms with van der Waals surface area (Å²) < 4.78 is 0. The molecule has 4 aliphatic carbocycles. The summed E-state index contributed by atoms with van der Waals surface area (Å²) in [6, 6.07) is 7.01. The summed E-state index contributed by atoms with van der Waals surface area (Å²) in [5.41, 5.74) is 0.538. The number of hydrogen-bond donors (Lipinski definition) is 2. The first kappa shape index (κ1) is 13.8. The molecule has 0 radical (unpaired) electrons. The third-order valence-corrected chi connectivity index (χ3v) is 5.70. The van der Waals surface area contributed by atoms with E-state index in [0.29, 0.717) is 22.5 Å². The van der Waals surface area contributed by atoms with E-state index in [9.17, 15) is 14.7 Å². The third kappa shape index (κ3) is 1.97. The van der Waals surface area contributed by atoms with Gasteiger partial charge in [0, 0.05) is 0 Å². The number of carboxylic acid groups (broad SMARTS) is 1. The Bertz CT molecular complexity index is 686. The highest BCUT2D eigenvalue weighted by Crippen LogP contribution is 2.63. The number of aliphatic carboxylic acids is 1. The lowest BCUT2D eigenvalue weighted by atomic mass is 9.62. The zero-order valence-electron chi connectivity index (χ0n) is 11.8. The van der Waals surface area contributed by atoms with Crippen molar-refractivity contribution >= 4 is 29.2 Å². The van der Waals surface area contributed by atoms with Crippen molar-refractivity contribution in [1.29, 1.82) is 0 Å². The number of rotatable bonds is 3. The molecule has 0 heterocycles. The maximum absolute atomic E-state index is 12.7. The smallest absolute Gasteiger partial charge is 0.307 e. The van der Waals surface area contributed by atoms with Gasteiger partial charge in [-0.25, -0.2) is 0 Å². The second-order valence-electron chi connectivity index (χ2n) is 6.46. The summed E-state index contributed by atoms with van der Waals surface area (Å²) in [4.78, 5) is 24.4. The Labute approximate surface area is 133 Å². The average Bonchev–Trinajstić information content (AvgIpc) is 3.30. The van der Waals surface area contributed by atoms with Gasteiger partial charge in [-0.05, 0) is 42.2 Å². The fourth-order valence-corrected chi connectivity index (χ4v) is 4.53. The number of hydrogen-bond acceptors (Lipinski definition) is 2. The largest absolute Gasteiger partial charge is 0.481 e. The number of halogens is 1.